The highest BCUT2D eigenvalue weighted by molar-refractivity contribution is 5.90. The maximum atomic E-state index is 14.1. The molecule has 426 valence electrons. The Morgan fingerprint density at radius 2 is 0.541 bits per heavy atom. The van der Waals surface area contributed by atoms with Gasteiger partial charge >= 0.3 is 107 Å². The van der Waals surface area contributed by atoms with Gasteiger partial charge in [0, 0.05) is 25.2 Å². The fourth-order valence-electron chi connectivity index (χ4n) is 5.12. The normalized spacial score (nSPS) is 15.3. The van der Waals surface area contributed by atoms with Gasteiger partial charge in [-0.2, -0.15) is 149 Å². The SMILES string of the molecule is O=C(OCCCC(F)(F)C(F)(F)C(F)(F)C(F)(F)C(F)(F)C(F)(F)C(F)(F)C(F)(F)F)c1ccc(-c2ccc(C(=O)OCCCC(F)(F)C(F)(F)C(F)(F)C(F)(F)C(F)(F)C(F)(F)C(F)(F)C(F)(F)F)cn2)nc1. The van der Waals surface area contributed by atoms with Crippen LogP contribution in [0.25, 0.3) is 11.4 Å². The Bertz CT molecular complexity index is 2130. The predicted octanol–water partition coefficient (Wildman–Crippen LogP) is 14.0. The molecule has 0 fully saturated rings. The number of hydrogen-bond acceptors (Lipinski definition) is 6. The van der Waals surface area contributed by atoms with E-state index in [2.05, 4.69) is 19.4 Å². The minimum Gasteiger partial charge on any atom is -0.462 e. The second kappa shape index (κ2) is 19.5. The molecule has 74 heavy (non-hydrogen) atoms. The fraction of sp³-hybridized carbons (Fsp3) is 0.647. The third-order valence-electron chi connectivity index (χ3n) is 9.57. The smallest absolute Gasteiger partial charge is 0.460 e. The first-order valence-electron chi connectivity index (χ1n) is 18.1. The van der Waals surface area contributed by atoms with E-state index in [9.17, 15) is 159 Å². The van der Waals surface area contributed by atoms with Gasteiger partial charge in [-0.3, -0.25) is 9.97 Å². The Labute approximate surface area is 384 Å². The Morgan fingerprint density at radius 1 is 0.324 bits per heavy atom. The van der Waals surface area contributed by atoms with E-state index in [0.29, 0.717) is 24.5 Å². The first-order chi connectivity index (χ1) is 32.4. The number of pyridine rings is 2. The van der Waals surface area contributed by atoms with E-state index < -0.39 is 157 Å². The Morgan fingerprint density at radius 3 is 0.743 bits per heavy atom. The molecule has 0 amide bonds. The summed E-state index contributed by atoms with van der Waals surface area (Å²) < 4.78 is 465. The van der Waals surface area contributed by atoms with Gasteiger partial charge in [-0.15, -0.1) is 0 Å². The van der Waals surface area contributed by atoms with Crippen molar-refractivity contribution < 1.29 is 168 Å². The van der Waals surface area contributed by atoms with Crippen LogP contribution in [0.2, 0.25) is 0 Å². The van der Waals surface area contributed by atoms with E-state index in [1.54, 1.807) is 0 Å². The molecule has 0 aliphatic rings. The molecule has 0 atom stereocenters. The van der Waals surface area contributed by atoms with Crippen molar-refractivity contribution in [2.75, 3.05) is 13.2 Å². The van der Waals surface area contributed by atoms with Crippen LogP contribution in [-0.4, -0.2) is 130 Å². The van der Waals surface area contributed by atoms with Gasteiger partial charge in [0.25, 0.3) is 0 Å². The Hall–Kier alpha value is -5.14. The van der Waals surface area contributed by atoms with E-state index in [1.807, 2.05) is 0 Å². The van der Waals surface area contributed by atoms with Gasteiger partial charge in [0.05, 0.1) is 35.7 Å². The van der Waals surface area contributed by atoms with Crippen LogP contribution in [-0.2, 0) is 9.47 Å². The maximum absolute atomic E-state index is 14.1. The zero-order valence-electron chi connectivity index (χ0n) is 34.1. The lowest BCUT2D eigenvalue weighted by atomic mass is 9.88. The minimum absolute atomic E-state index is 0.354. The number of hydrogen-bond donors (Lipinski definition) is 0. The molecule has 0 bridgehead atoms. The molecule has 6 nitrogen and oxygen atoms in total. The first kappa shape index (κ1) is 65.0. The molecule has 0 aliphatic heterocycles. The molecule has 0 N–H and O–H groups in total. The lowest BCUT2D eigenvalue weighted by Crippen LogP contribution is -2.74. The maximum Gasteiger partial charge on any atom is 0.460 e. The molecule has 2 rings (SSSR count). The molecule has 2 aromatic heterocycles. The molecule has 0 aliphatic carbocycles. The summed E-state index contributed by atoms with van der Waals surface area (Å²) in [5.41, 5.74) is -2.23. The third kappa shape index (κ3) is 10.2. The second-order valence-electron chi connectivity index (χ2n) is 14.6. The van der Waals surface area contributed by atoms with E-state index in [4.69, 9.17) is 0 Å². The van der Waals surface area contributed by atoms with E-state index in [0.717, 1.165) is 12.1 Å². The average molecular weight is 1160 g/mol. The lowest BCUT2D eigenvalue weighted by Gasteiger charge is -2.42. The number of aromatic nitrogens is 2. The van der Waals surface area contributed by atoms with Crippen molar-refractivity contribution in [3.8, 4) is 11.4 Å². The molecule has 0 spiro atoms. The molecule has 2 aromatic rings. The minimum atomic E-state index is -8.85. The number of carbonyl (C=O) groups is 2. The topological polar surface area (TPSA) is 78.4 Å². The van der Waals surface area contributed by atoms with Crippen molar-refractivity contribution in [1.82, 2.24) is 9.97 Å². The largest absolute Gasteiger partial charge is 0.462 e. The van der Waals surface area contributed by atoms with Crippen LogP contribution in [0, 0.1) is 0 Å². The molecule has 0 unspecified atom stereocenters. The monoisotopic (exact) mass is 1160 g/mol. The molecule has 0 saturated heterocycles. The standard InChI is InChI=1S/C34H18F34N2O4/c35-19(36,21(39,40)23(43,44)25(47,48)27(51,52)29(55,56)31(59,60)33(63,64)65)7-1-9-73-17(71)13-3-5-15(69-11-13)16-6-4-14(12-70-16)18(72)74-10-2-8-20(37,38)22(41,42)24(45,46)26(49,50)28(53,54)30(57,58)32(61,62)34(66,67)68/h3-6,11-12H,1-2,7-10H2. The van der Waals surface area contributed by atoms with Crippen LogP contribution < -0.4 is 0 Å². The van der Waals surface area contributed by atoms with Gasteiger partial charge in [-0.25, -0.2) is 9.59 Å². The van der Waals surface area contributed by atoms with Crippen LogP contribution in [0.15, 0.2) is 36.7 Å². The highest BCUT2D eigenvalue weighted by Crippen LogP contribution is 2.66. The number of halogens is 34. The number of carbonyl (C=O) groups excluding carboxylic acids is 2. The van der Waals surface area contributed by atoms with Crippen molar-refractivity contribution in [2.24, 2.45) is 0 Å². The van der Waals surface area contributed by atoms with Gasteiger partial charge < -0.3 is 9.47 Å². The Kier molecular flexibility index (Phi) is 17.1. The van der Waals surface area contributed by atoms with Crippen molar-refractivity contribution >= 4 is 11.9 Å². The lowest BCUT2D eigenvalue weighted by molar-refractivity contribution is -0.461. The van der Waals surface area contributed by atoms with Crippen molar-refractivity contribution in [3.05, 3.63) is 47.8 Å². The summed E-state index contributed by atoms with van der Waals surface area (Å²) in [7, 11) is 0. The summed E-state index contributed by atoms with van der Waals surface area (Å²) in [6, 6.07) is 2.94. The van der Waals surface area contributed by atoms with Crippen molar-refractivity contribution in [1.29, 1.82) is 0 Å². The molecular formula is C34H18F34N2O4. The summed E-state index contributed by atoms with van der Waals surface area (Å²) in [6.07, 6.45) is -24.5. The third-order valence-corrected chi connectivity index (χ3v) is 9.57. The van der Waals surface area contributed by atoms with Crippen LogP contribution >= 0.6 is 0 Å². The van der Waals surface area contributed by atoms with Gasteiger partial charge in [0.2, 0.25) is 0 Å². The fourth-order valence-corrected chi connectivity index (χ4v) is 5.12. The predicted molar refractivity (Wildman–Crippen MR) is 168 cm³/mol. The summed E-state index contributed by atoms with van der Waals surface area (Å²) in [4.78, 5) is 31.5. The number of alkyl halides is 34. The summed E-state index contributed by atoms with van der Waals surface area (Å²) in [6.45, 7) is -3.26. The van der Waals surface area contributed by atoms with Gasteiger partial charge in [0.1, 0.15) is 0 Å². The number of ether oxygens (including phenoxy) is 2. The molecule has 40 heteroatoms. The van der Waals surface area contributed by atoms with E-state index >= 15 is 0 Å². The summed E-state index contributed by atoms with van der Waals surface area (Å²) >= 11 is 0. The van der Waals surface area contributed by atoms with Gasteiger partial charge in [-0.05, 0) is 37.1 Å². The number of esters is 2. The van der Waals surface area contributed by atoms with Crippen LogP contribution in [0.5, 0.6) is 0 Å². The van der Waals surface area contributed by atoms with Crippen LogP contribution in [0.4, 0.5) is 149 Å². The number of rotatable bonds is 23. The first-order valence-corrected chi connectivity index (χ1v) is 18.1. The second-order valence-corrected chi connectivity index (χ2v) is 14.6. The van der Waals surface area contributed by atoms with Crippen LogP contribution in [0.3, 0.4) is 0 Å². The summed E-state index contributed by atoms with van der Waals surface area (Å²) in [5.74, 6) is -119. The quantitative estimate of drug-likeness (QED) is 0.0627. The molecular weight excluding hydrogens is 1150 g/mol. The molecule has 2 heterocycles. The molecule has 0 saturated carbocycles. The zero-order chi connectivity index (χ0) is 58.8. The molecule has 0 aromatic carbocycles. The van der Waals surface area contributed by atoms with Crippen molar-refractivity contribution in [3.63, 3.8) is 0 Å². The zero-order valence-corrected chi connectivity index (χ0v) is 34.1. The molecule has 0 radical (unpaired) electrons. The highest BCUT2D eigenvalue weighted by atomic mass is 19.4. The summed E-state index contributed by atoms with van der Waals surface area (Å²) in [5, 5.41) is 0. The van der Waals surface area contributed by atoms with Gasteiger partial charge in [-0.1, -0.05) is 0 Å². The Balaban J connectivity index is 2.08. The highest BCUT2D eigenvalue weighted by Gasteiger charge is 2.97. The van der Waals surface area contributed by atoms with Gasteiger partial charge in [0.15, 0.2) is 0 Å². The van der Waals surface area contributed by atoms with E-state index in [1.165, 1.54) is 0 Å². The van der Waals surface area contributed by atoms with Crippen molar-refractivity contribution in [2.45, 2.75) is 121 Å². The number of nitrogens with zero attached hydrogens (tertiary/aromatic N) is 2. The average Bonchev–Trinajstić information content (AvgIpc) is 3.24. The van der Waals surface area contributed by atoms with Crippen LogP contribution in [0.1, 0.15) is 46.4 Å². The van der Waals surface area contributed by atoms with E-state index in [-0.39, 0.29) is 11.4 Å².